The average Bonchev–Trinajstić information content (AvgIpc) is 2.49. The van der Waals surface area contributed by atoms with E-state index in [1.54, 1.807) is 18.1 Å². The first kappa shape index (κ1) is 14.3. The summed E-state index contributed by atoms with van der Waals surface area (Å²) in [6.45, 7) is 1.94. The zero-order valence-electron chi connectivity index (χ0n) is 11.5. The van der Waals surface area contributed by atoms with Gasteiger partial charge in [0.05, 0.1) is 10.5 Å². The lowest BCUT2D eigenvalue weighted by Gasteiger charge is -2.10. The molecule has 0 bridgehead atoms. The summed E-state index contributed by atoms with van der Waals surface area (Å²) in [5.74, 6) is 0. The van der Waals surface area contributed by atoms with Crippen LogP contribution in [0.15, 0.2) is 58.7 Å². The van der Waals surface area contributed by atoms with Crippen molar-refractivity contribution in [1.82, 2.24) is 9.97 Å². The monoisotopic (exact) mass is 315 g/mol. The number of nitrogens with zero attached hydrogens (tertiary/aromatic N) is 2. The highest BCUT2D eigenvalue weighted by atomic mass is 35.5. The molecule has 1 atom stereocenters. The van der Waals surface area contributed by atoms with Gasteiger partial charge in [-0.1, -0.05) is 47.6 Å². The highest BCUT2D eigenvalue weighted by Crippen LogP contribution is 2.36. The van der Waals surface area contributed by atoms with Crippen LogP contribution in [-0.4, -0.2) is 9.97 Å². The molecule has 0 amide bonds. The zero-order chi connectivity index (χ0) is 14.8. The average molecular weight is 316 g/mol. The van der Waals surface area contributed by atoms with Gasteiger partial charge in [0.15, 0.2) is 0 Å². The van der Waals surface area contributed by atoms with Gasteiger partial charge in [-0.3, -0.25) is 0 Å². The van der Waals surface area contributed by atoms with Crippen molar-refractivity contribution in [3.05, 3.63) is 59.4 Å². The summed E-state index contributed by atoms with van der Waals surface area (Å²) in [4.78, 5) is 9.60. The maximum Gasteiger partial charge on any atom is 0.117 e. The molecule has 2 aromatic carbocycles. The summed E-state index contributed by atoms with van der Waals surface area (Å²) in [7, 11) is 0. The molecular weight excluding hydrogens is 302 g/mol. The van der Waals surface area contributed by atoms with Crippen LogP contribution in [0.3, 0.4) is 0 Å². The summed E-state index contributed by atoms with van der Waals surface area (Å²) in [5, 5.41) is 2.62. The van der Waals surface area contributed by atoms with Crippen LogP contribution >= 0.6 is 23.4 Å². The summed E-state index contributed by atoms with van der Waals surface area (Å²) >= 11 is 7.90. The number of nitrogens with two attached hydrogens (primary N) is 1. The third kappa shape index (κ3) is 3.02. The smallest absolute Gasteiger partial charge is 0.117 e. The number of fused-ring (bicyclic) bond motifs is 1. The van der Waals surface area contributed by atoms with E-state index in [1.807, 2.05) is 49.4 Å². The topological polar surface area (TPSA) is 51.8 Å². The molecular formula is C16H14ClN3S. The summed E-state index contributed by atoms with van der Waals surface area (Å²) in [6.07, 6.45) is 1.58. The van der Waals surface area contributed by atoms with E-state index in [0.717, 1.165) is 26.4 Å². The van der Waals surface area contributed by atoms with E-state index in [9.17, 15) is 0 Å². The Morgan fingerprint density at radius 1 is 1.14 bits per heavy atom. The van der Waals surface area contributed by atoms with E-state index in [0.29, 0.717) is 5.02 Å². The number of para-hydroxylation sites is 1. The Morgan fingerprint density at radius 2 is 1.95 bits per heavy atom. The molecule has 0 saturated carbocycles. The van der Waals surface area contributed by atoms with E-state index in [4.69, 9.17) is 17.3 Å². The van der Waals surface area contributed by atoms with Gasteiger partial charge in [0.1, 0.15) is 11.4 Å². The Bertz CT molecular complexity index is 784. The van der Waals surface area contributed by atoms with Gasteiger partial charge in [-0.15, -0.1) is 0 Å². The molecule has 0 aliphatic carbocycles. The molecule has 3 rings (SSSR count). The minimum absolute atomic E-state index is 0.0265. The Labute approximate surface area is 132 Å². The molecule has 0 aliphatic rings. The highest BCUT2D eigenvalue weighted by Gasteiger charge is 2.09. The normalized spacial score (nSPS) is 12.5. The number of rotatable bonds is 3. The van der Waals surface area contributed by atoms with Crippen LogP contribution in [0.2, 0.25) is 5.02 Å². The fourth-order valence-electron chi connectivity index (χ4n) is 2.05. The Hall–Kier alpha value is -1.62. The molecule has 0 spiro atoms. The first-order valence-corrected chi connectivity index (χ1v) is 7.77. The van der Waals surface area contributed by atoms with Crippen LogP contribution in [0.5, 0.6) is 0 Å². The molecule has 1 aromatic heterocycles. The van der Waals surface area contributed by atoms with Gasteiger partial charge in [-0.25, -0.2) is 9.97 Å². The van der Waals surface area contributed by atoms with Crippen molar-refractivity contribution in [2.24, 2.45) is 5.73 Å². The fourth-order valence-corrected chi connectivity index (χ4v) is 3.24. The molecule has 2 N–H and O–H groups in total. The molecule has 1 heterocycles. The van der Waals surface area contributed by atoms with E-state index in [2.05, 4.69) is 9.97 Å². The predicted molar refractivity (Wildman–Crippen MR) is 87.7 cm³/mol. The quantitative estimate of drug-likeness (QED) is 0.725. The summed E-state index contributed by atoms with van der Waals surface area (Å²) in [5.41, 5.74) is 7.83. The molecule has 21 heavy (non-hydrogen) atoms. The van der Waals surface area contributed by atoms with Crippen LogP contribution in [-0.2, 0) is 0 Å². The van der Waals surface area contributed by atoms with E-state index in [1.165, 1.54) is 0 Å². The molecule has 0 saturated heterocycles. The lowest BCUT2D eigenvalue weighted by molar-refractivity contribution is 0.817. The standard InChI is InChI=1S/C16H14ClN3S/c1-10(18)11-6-7-15(13(17)8-11)21-16-12-4-2-3-5-14(12)19-9-20-16/h2-10H,18H2,1H3/t10-/m0/s1. The van der Waals surface area contributed by atoms with E-state index >= 15 is 0 Å². The second-order valence-corrected chi connectivity index (χ2v) is 6.21. The molecule has 0 radical (unpaired) electrons. The van der Waals surface area contributed by atoms with E-state index < -0.39 is 0 Å². The van der Waals surface area contributed by atoms with Crippen molar-refractivity contribution in [1.29, 1.82) is 0 Å². The second-order valence-electron chi connectivity index (χ2n) is 4.78. The molecule has 5 heteroatoms. The van der Waals surface area contributed by atoms with Crippen molar-refractivity contribution in [3.63, 3.8) is 0 Å². The van der Waals surface area contributed by atoms with Crippen molar-refractivity contribution in [2.75, 3.05) is 0 Å². The minimum atomic E-state index is -0.0265. The molecule has 3 aromatic rings. The Morgan fingerprint density at radius 3 is 2.71 bits per heavy atom. The van der Waals surface area contributed by atoms with Gasteiger partial charge in [0.2, 0.25) is 0 Å². The third-order valence-electron chi connectivity index (χ3n) is 3.19. The third-order valence-corrected chi connectivity index (χ3v) is 4.71. The highest BCUT2D eigenvalue weighted by molar-refractivity contribution is 7.99. The van der Waals surface area contributed by atoms with Gasteiger partial charge in [-0.05, 0) is 30.7 Å². The first-order chi connectivity index (χ1) is 10.1. The second kappa shape index (κ2) is 6.02. The largest absolute Gasteiger partial charge is 0.324 e. The number of benzene rings is 2. The zero-order valence-corrected chi connectivity index (χ0v) is 13.0. The van der Waals surface area contributed by atoms with Crippen LogP contribution in [0, 0.1) is 0 Å². The SMILES string of the molecule is C[C@H](N)c1ccc(Sc2ncnc3ccccc23)c(Cl)c1. The van der Waals surface area contributed by atoms with Crippen LogP contribution in [0.25, 0.3) is 10.9 Å². The molecule has 0 aliphatic heterocycles. The van der Waals surface area contributed by atoms with Gasteiger partial charge >= 0.3 is 0 Å². The number of aromatic nitrogens is 2. The number of hydrogen-bond acceptors (Lipinski definition) is 4. The summed E-state index contributed by atoms with van der Waals surface area (Å²) < 4.78 is 0. The molecule has 106 valence electrons. The maximum absolute atomic E-state index is 6.35. The van der Waals surface area contributed by atoms with E-state index in [-0.39, 0.29) is 6.04 Å². The van der Waals surface area contributed by atoms with Gasteiger partial charge in [0, 0.05) is 16.3 Å². The van der Waals surface area contributed by atoms with Crippen molar-refractivity contribution in [2.45, 2.75) is 22.9 Å². The molecule has 3 nitrogen and oxygen atoms in total. The van der Waals surface area contributed by atoms with Crippen LogP contribution in [0.1, 0.15) is 18.5 Å². The molecule has 0 unspecified atom stereocenters. The van der Waals surface area contributed by atoms with Crippen molar-refractivity contribution in [3.8, 4) is 0 Å². The van der Waals surface area contributed by atoms with Crippen molar-refractivity contribution >= 4 is 34.3 Å². The number of hydrogen-bond donors (Lipinski definition) is 1. The van der Waals surface area contributed by atoms with Crippen LogP contribution in [0.4, 0.5) is 0 Å². The van der Waals surface area contributed by atoms with Gasteiger partial charge in [-0.2, -0.15) is 0 Å². The molecule has 0 fully saturated rings. The lowest BCUT2D eigenvalue weighted by atomic mass is 10.1. The number of halogens is 1. The fraction of sp³-hybridized carbons (Fsp3) is 0.125. The lowest BCUT2D eigenvalue weighted by Crippen LogP contribution is -2.04. The van der Waals surface area contributed by atoms with Gasteiger partial charge in [0.25, 0.3) is 0 Å². The predicted octanol–water partition coefficient (Wildman–Crippen LogP) is 4.45. The Kier molecular flexibility index (Phi) is 4.10. The first-order valence-electron chi connectivity index (χ1n) is 6.58. The Balaban J connectivity index is 1.99. The minimum Gasteiger partial charge on any atom is -0.324 e. The van der Waals surface area contributed by atoms with Gasteiger partial charge < -0.3 is 5.73 Å². The van der Waals surface area contributed by atoms with Crippen molar-refractivity contribution < 1.29 is 0 Å². The maximum atomic E-state index is 6.35. The van der Waals surface area contributed by atoms with Crippen LogP contribution < -0.4 is 5.73 Å². The summed E-state index contributed by atoms with van der Waals surface area (Å²) in [6, 6.07) is 13.8.